The SMILES string of the molecule is Cc1nn(Cc2ccccc2Cl)c(C)c1/C=C/C(=O)OCC(=O)N[C@H](C)C1CC1. The van der Waals surface area contributed by atoms with Crippen LogP contribution in [-0.4, -0.2) is 34.3 Å². The molecule has 1 aromatic heterocycles. The highest BCUT2D eigenvalue weighted by Gasteiger charge is 2.28. The van der Waals surface area contributed by atoms with Crippen molar-refractivity contribution in [3.05, 3.63) is 57.9 Å². The molecule has 1 aromatic carbocycles. The molecule has 1 saturated carbocycles. The van der Waals surface area contributed by atoms with Crippen LogP contribution < -0.4 is 5.32 Å². The molecule has 0 bridgehead atoms. The molecule has 0 radical (unpaired) electrons. The molecule has 1 N–H and O–H groups in total. The number of nitrogens with one attached hydrogen (secondary N) is 1. The second-order valence-corrected chi connectivity index (χ2v) is 7.88. The van der Waals surface area contributed by atoms with Crippen LogP contribution in [0.15, 0.2) is 30.3 Å². The molecule has 1 aliphatic carbocycles. The van der Waals surface area contributed by atoms with Crippen LogP contribution in [-0.2, 0) is 20.9 Å². The number of hydrogen-bond acceptors (Lipinski definition) is 4. The zero-order chi connectivity index (χ0) is 21.0. The molecule has 3 rings (SSSR count). The number of carbonyl (C=O) groups excluding carboxylic acids is 2. The lowest BCUT2D eigenvalue weighted by atomic mass is 10.1. The summed E-state index contributed by atoms with van der Waals surface area (Å²) >= 11 is 6.24. The van der Waals surface area contributed by atoms with Crippen LogP contribution in [0.4, 0.5) is 0 Å². The summed E-state index contributed by atoms with van der Waals surface area (Å²) in [5.41, 5.74) is 3.54. The number of benzene rings is 1. The van der Waals surface area contributed by atoms with Gasteiger partial charge in [0.1, 0.15) is 0 Å². The molecule has 0 unspecified atom stereocenters. The first kappa shape index (κ1) is 21.1. The maximum atomic E-state index is 12.0. The Hall–Kier alpha value is -2.60. The van der Waals surface area contributed by atoms with E-state index in [4.69, 9.17) is 16.3 Å². The van der Waals surface area contributed by atoms with Crippen molar-refractivity contribution >= 4 is 29.6 Å². The Morgan fingerprint density at radius 1 is 1.34 bits per heavy atom. The summed E-state index contributed by atoms with van der Waals surface area (Å²) in [7, 11) is 0. The topological polar surface area (TPSA) is 73.2 Å². The Balaban J connectivity index is 1.57. The van der Waals surface area contributed by atoms with Crippen molar-refractivity contribution in [3.63, 3.8) is 0 Å². The summed E-state index contributed by atoms with van der Waals surface area (Å²) in [6, 6.07) is 7.76. The molecule has 2 aromatic rings. The molecular formula is C22H26ClN3O3. The van der Waals surface area contributed by atoms with Gasteiger partial charge in [-0.25, -0.2) is 4.79 Å². The highest BCUT2D eigenvalue weighted by molar-refractivity contribution is 6.31. The number of nitrogens with zero attached hydrogens (tertiary/aromatic N) is 2. The first-order chi connectivity index (χ1) is 13.8. The van der Waals surface area contributed by atoms with Gasteiger partial charge in [-0.1, -0.05) is 29.8 Å². The molecule has 1 fully saturated rings. The van der Waals surface area contributed by atoms with Crippen LogP contribution in [0, 0.1) is 19.8 Å². The van der Waals surface area contributed by atoms with Crippen molar-refractivity contribution < 1.29 is 14.3 Å². The molecule has 1 atom stereocenters. The molecule has 29 heavy (non-hydrogen) atoms. The van der Waals surface area contributed by atoms with E-state index in [0.717, 1.165) is 35.4 Å². The third kappa shape index (κ3) is 5.70. The van der Waals surface area contributed by atoms with E-state index in [1.54, 1.807) is 6.08 Å². The number of carbonyl (C=O) groups is 2. The summed E-state index contributed by atoms with van der Waals surface area (Å²) in [5, 5.41) is 8.09. The Morgan fingerprint density at radius 3 is 2.76 bits per heavy atom. The largest absolute Gasteiger partial charge is 0.452 e. The van der Waals surface area contributed by atoms with Crippen molar-refractivity contribution in [3.8, 4) is 0 Å². The van der Waals surface area contributed by atoms with Gasteiger partial charge in [0.15, 0.2) is 6.61 Å². The van der Waals surface area contributed by atoms with Gasteiger partial charge in [-0.15, -0.1) is 0 Å². The van der Waals surface area contributed by atoms with Crippen molar-refractivity contribution in [1.29, 1.82) is 0 Å². The predicted octanol–water partition coefficient (Wildman–Crippen LogP) is 3.67. The molecule has 7 heteroatoms. The minimum atomic E-state index is -0.558. The average Bonchev–Trinajstić information content (AvgIpc) is 3.49. The molecule has 0 saturated heterocycles. The fourth-order valence-corrected chi connectivity index (χ4v) is 3.44. The fourth-order valence-electron chi connectivity index (χ4n) is 3.24. The van der Waals surface area contributed by atoms with Gasteiger partial charge in [0.05, 0.1) is 12.2 Å². The van der Waals surface area contributed by atoms with Crippen LogP contribution in [0.1, 0.15) is 42.3 Å². The first-order valence-corrected chi connectivity index (χ1v) is 10.1. The Bertz CT molecular complexity index is 931. The van der Waals surface area contributed by atoms with E-state index in [1.807, 2.05) is 49.7 Å². The van der Waals surface area contributed by atoms with E-state index in [9.17, 15) is 9.59 Å². The Kier molecular flexibility index (Phi) is 6.75. The van der Waals surface area contributed by atoms with Gasteiger partial charge in [-0.05, 0) is 57.2 Å². The van der Waals surface area contributed by atoms with Gasteiger partial charge in [0.25, 0.3) is 5.91 Å². The third-order valence-electron chi connectivity index (χ3n) is 5.16. The van der Waals surface area contributed by atoms with Crippen LogP contribution >= 0.6 is 11.6 Å². The average molecular weight is 416 g/mol. The number of aromatic nitrogens is 2. The molecular weight excluding hydrogens is 390 g/mol. The number of amides is 1. The quantitative estimate of drug-likeness (QED) is 0.527. The number of rotatable bonds is 8. The molecule has 1 aliphatic rings. The van der Waals surface area contributed by atoms with Gasteiger partial charge in [-0.2, -0.15) is 5.10 Å². The Labute approximate surface area is 175 Å². The predicted molar refractivity (Wildman–Crippen MR) is 113 cm³/mol. The highest BCUT2D eigenvalue weighted by Crippen LogP contribution is 2.32. The third-order valence-corrected chi connectivity index (χ3v) is 5.53. The first-order valence-electron chi connectivity index (χ1n) is 9.76. The standard InChI is InChI=1S/C22H26ClN3O3/c1-14(17-8-9-17)24-21(27)13-29-22(28)11-10-19-15(2)25-26(16(19)3)12-18-6-4-5-7-20(18)23/h4-7,10-11,14,17H,8-9,12-13H2,1-3H3,(H,24,27)/b11-10+/t14-/m1/s1. The zero-order valence-corrected chi connectivity index (χ0v) is 17.7. The van der Waals surface area contributed by atoms with Crippen LogP contribution in [0.5, 0.6) is 0 Å². The lowest BCUT2D eigenvalue weighted by Gasteiger charge is -2.12. The van der Waals surface area contributed by atoms with E-state index in [2.05, 4.69) is 10.4 Å². The Morgan fingerprint density at radius 2 is 2.07 bits per heavy atom. The van der Waals surface area contributed by atoms with Crippen molar-refractivity contribution in [1.82, 2.24) is 15.1 Å². The minimum Gasteiger partial charge on any atom is -0.452 e. The molecule has 1 amide bonds. The summed E-state index contributed by atoms with van der Waals surface area (Å²) in [6.07, 6.45) is 5.29. The number of halogens is 1. The normalized spacial score (nSPS) is 14.8. The number of esters is 1. The second-order valence-electron chi connectivity index (χ2n) is 7.47. The number of ether oxygens (including phenoxy) is 1. The van der Waals surface area contributed by atoms with Gasteiger partial charge in [-0.3, -0.25) is 9.48 Å². The van der Waals surface area contributed by atoms with Crippen molar-refractivity contribution in [2.24, 2.45) is 5.92 Å². The summed E-state index contributed by atoms with van der Waals surface area (Å²) in [6.45, 7) is 6.07. The van der Waals surface area contributed by atoms with Crippen LogP contribution in [0.25, 0.3) is 6.08 Å². The van der Waals surface area contributed by atoms with Crippen molar-refractivity contribution in [2.75, 3.05) is 6.61 Å². The van der Waals surface area contributed by atoms with E-state index in [-0.39, 0.29) is 18.6 Å². The lowest BCUT2D eigenvalue weighted by Crippen LogP contribution is -2.36. The molecule has 1 heterocycles. The highest BCUT2D eigenvalue weighted by atomic mass is 35.5. The molecule has 6 nitrogen and oxygen atoms in total. The molecule has 154 valence electrons. The maximum absolute atomic E-state index is 12.0. The van der Waals surface area contributed by atoms with Gasteiger partial charge in [0.2, 0.25) is 0 Å². The van der Waals surface area contributed by atoms with E-state index < -0.39 is 5.97 Å². The maximum Gasteiger partial charge on any atom is 0.331 e. The monoisotopic (exact) mass is 415 g/mol. The lowest BCUT2D eigenvalue weighted by molar-refractivity contribution is -0.144. The smallest absolute Gasteiger partial charge is 0.331 e. The summed E-state index contributed by atoms with van der Waals surface area (Å²) in [4.78, 5) is 23.8. The summed E-state index contributed by atoms with van der Waals surface area (Å²) in [5.74, 6) is -0.272. The number of hydrogen-bond donors (Lipinski definition) is 1. The van der Waals surface area contributed by atoms with Crippen LogP contribution in [0.2, 0.25) is 5.02 Å². The van der Waals surface area contributed by atoms with Crippen molar-refractivity contribution in [2.45, 2.75) is 46.2 Å². The zero-order valence-electron chi connectivity index (χ0n) is 16.9. The fraction of sp³-hybridized carbons (Fsp3) is 0.409. The van der Waals surface area contributed by atoms with Gasteiger partial charge < -0.3 is 10.1 Å². The van der Waals surface area contributed by atoms with E-state index >= 15 is 0 Å². The van der Waals surface area contributed by atoms with Crippen LogP contribution in [0.3, 0.4) is 0 Å². The van der Waals surface area contributed by atoms with E-state index in [0.29, 0.717) is 17.5 Å². The van der Waals surface area contributed by atoms with Gasteiger partial charge in [0, 0.05) is 28.4 Å². The molecule has 0 spiro atoms. The minimum absolute atomic E-state index is 0.131. The summed E-state index contributed by atoms with van der Waals surface area (Å²) < 4.78 is 6.90. The molecule has 0 aliphatic heterocycles. The number of aryl methyl sites for hydroxylation is 1. The van der Waals surface area contributed by atoms with E-state index in [1.165, 1.54) is 6.08 Å². The van der Waals surface area contributed by atoms with Gasteiger partial charge >= 0.3 is 5.97 Å². The second kappa shape index (κ2) is 9.27.